The lowest BCUT2D eigenvalue weighted by Gasteiger charge is -2.26. The van der Waals surface area contributed by atoms with E-state index in [-0.39, 0.29) is 12.6 Å². The summed E-state index contributed by atoms with van der Waals surface area (Å²) in [6.07, 6.45) is 2.91. The molecule has 0 spiro atoms. The molecule has 0 bridgehead atoms. The summed E-state index contributed by atoms with van der Waals surface area (Å²) in [5, 5.41) is 14.7. The molecule has 3 N–H and O–H groups in total. The van der Waals surface area contributed by atoms with E-state index >= 15 is 0 Å². The summed E-state index contributed by atoms with van der Waals surface area (Å²) in [5.74, 6) is -0.878. The van der Waals surface area contributed by atoms with E-state index in [4.69, 9.17) is 0 Å². The monoisotopic (exact) mass is 310 g/mol. The fourth-order valence-corrected chi connectivity index (χ4v) is 2.46. The average Bonchev–Trinajstić information content (AvgIpc) is 2.48. The number of hydrogen-bond acceptors (Lipinski definition) is 3. The van der Waals surface area contributed by atoms with Gasteiger partial charge in [0.1, 0.15) is 0 Å². The van der Waals surface area contributed by atoms with Crippen molar-refractivity contribution in [3.8, 4) is 0 Å². The molecule has 0 fully saturated rings. The summed E-state index contributed by atoms with van der Waals surface area (Å²) in [5.41, 5.74) is -0.216. The Labute approximate surface area is 129 Å². The number of carboxylic acid groups (broad SMARTS) is 1. The SMILES string of the molecule is CCC(CC)(CNC(=O)Nc1cccc(SC)c1)C(=O)O. The normalized spacial score (nSPS) is 11.0. The maximum atomic E-state index is 11.9. The van der Waals surface area contributed by atoms with Crippen molar-refractivity contribution >= 4 is 29.4 Å². The number of carbonyl (C=O) groups excluding carboxylic acids is 1. The van der Waals surface area contributed by atoms with Crippen molar-refractivity contribution in [2.75, 3.05) is 18.1 Å². The molecule has 6 heteroatoms. The number of thioether (sulfide) groups is 1. The molecule has 0 aliphatic carbocycles. The van der Waals surface area contributed by atoms with Gasteiger partial charge in [-0.2, -0.15) is 0 Å². The number of carboxylic acids is 1. The molecule has 0 aliphatic heterocycles. The van der Waals surface area contributed by atoms with Crippen molar-refractivity contribution in [3.05, 3.63) is 24.3 Å². The number of anilines is 1. The minimum Gasteiger partial charge on any atom is -0.481 e. The molecule has 0 heterocycles. The zero-order valence-electron chi connectivity index (χ0n) is 12.6. The molecule has 1 aromatic carbocycles. The van der Waals surface area contributed by atoms with Gasteiger partial charge in [-0.15, -0.1) is 11.8 Å². The first-order chi connectivity index (χ1) is 9.97. The fraction of sp³-hybridized carbons (Fsp3) is 0.467. The number of carbonyl (C=O) groups is 2. The van der Waals surface area contributed by atoms with Crippen LogP contribution >= 0.6 is 11.8 Å². The van der Waals surface area contributed by atoms with Gasteiger partial charge in [0, 0.05) is 17.1 Å². The molecule has 0 unspecified atom stereocenters. The second-order valence-corrected chi connectivity index (χ2v) is 5.71. The van der Waals surface area contributed by atoms with Gasteiger partial charge in [0.05, 0.1) is 5.41 Å². The highest BCUT2D eigenvalue weighted by Crippen LogP contribution is 2.25. The third-order valence-corrected chi connectivity index (χ3v) is 4.45. The summed E-state index contributed by atoms with van der Waals surface area (Å²) in [6, 6.07) is 7.09. The number of rotatable bonds is 7. The molecule has 1 aromatic rings. The lowest BCUT2D eigenvalue weighted by molar-refractivity contribution is -0.149. The lowest BCUT2D eigenvalue weighted by atomic mass is 9.82. The standard InChI is InChI=1S/C15H22N2O3S/c1-4-15(5-2,13(18)19)10-16-14(20)17-11-7-6-8-12(9-11)21-3/h6-9H,4-5,10H2,1-3H3,(H,18,19)(H2,16,17,20). The molecule has 0 saturated carbocycles. The number of nitrogens with one attached hydrogen (secondary N) is 2. The first kappa shape index (κ1) is 17.4. The van der Waals surface area contributed by atoms with Gasteiger partial charge in [0.15, 0.2) is 0 Å². The number of urea groups is 1. The van der Waals surface area contributed by atoms with Crippen molar-refractivity contribution in [1.82, 2.24) is 5.32 Å². The Hall–Kier alpha value is -1.69. The van der Waals surface area contributed by atoms with Gasteiger partial charge in [-0.25, -0.2) is 4.79 Å². The Kier molecular flexibility index (Phi) is 6.55. The zero-order valence-corrected chi connectivity index (χ0v) is 13.4. The summed E-state index contributed by atoms with van der Waals surface area (Å²) < 4.78 is 0. The molecule has 0 radical (unpaired) electrons. The quantitative estimate of drug-likeness (QED) is 0.674. The van der Waals surface area contributed by atoms with Crippen LogP contribution in [0.5, 0.6) is 0 Å². The van der Waals surface area contributed by atoms with E-state index in [1.165, 1.54) is 0 Å². The van der Waals surface area contributed by atoms with E-state index in [2.05, 4.69) is 10.6 Å². The van der Waals surface area contributed by atoms with Crippen LogP contribution in [0.3, 0.4) is 0 Å². The highest BCUT2D eigenvalue weighted by Gasteiger charge is 2.35. The number of hydrogen-bond donors (Lipinski definition) is 3. The van der Waals surface area contributed by atoms with E-state index in [1.54, 1.807) is 17.8 Å². The largest absolute Gasteiger partial charge is 0.481 e. The summed E-state index contributed by atoms with van der Waals surface area (Å²) in [6.45, 7) is 3.75. The van der Waals surface area contributed by atoms with E-state index in [9.17, 15) is 14.7 Å². The Morgan fingerprint density at radius 2 is 1.95 bits per heavy atom. The molecule has 21 heavy (non-hydrogen) atoms. The molecular weight excluding hydrogens is 288 g/mol. The van der Waals surface area contributed by atoms with Gasteiger partial charge >= 0.3 is 12.0 Å². The second kappa shape index (κ2) is 7.93. The summed E-state index contributed by atoms with van der Waals surface area (Å²) in [4.78, 5) is 24.3. The second-order valence-electron chi connectivity index (χ2n) is 4.83. The van der Waals surface area contributed by atoms with Crippen LogP contribution in [0, 0.1) is 5.41 Å². The van der Waals surface area contributed by atoms with Gasteiger partial charge in [-0.05, 0) is 37.3 Å². The van der Waals surface area contributed by atoms with Crippen LogP contribution in [0.4, 0.5) is 10.5 Å². The first-order valence-electron chi connectivity index (χ1n) is 6.89. The Morgan fingerprint density at radius 1 is 1.29 bits per heavy atom. The van der Waals surface area contributed by atoms with Crippen LogP contribution in [0.25, 0.3) is 0 Å². The third kappa shape index (κ3) is 4.67. The number of amides is 2. The molecular formula is C15H22N2O3S. The van der Waals surface area contributed by atoms with Crippen molar-refractivity contribution < 1.29 is 14.7 Å². The first-order valence-corrected chi connectivity index (χ1v) is 8.12. The molecule has 2 amide bonds. The average molecular weight is 310 g/mol. The van der Waals surface area contributed by atoms with Crippen LogP contribution in [-0.2, 0) is 4.79 Å². The molecule has 0 aromatic heterocycles. The van der Waals surface area contributed by atoms with Gasteiger partial charge < -0.3 is 15.7 Å². The smallest absolute Gasteiger partial charge is 0.319 e. The van der Waals surface area contributed by atoms with Gasteiger partial charge in [0.25, 0.3) is 0 Å². The molecule has 0 atom stereocenters. The highest BCUT2D eigenvalue weighted by atomic mass is 32.2. The number of benzene rings is 1. The predicted molar refractivity (Wildman–Crippen MR) is 85.9 cm³/mol. The summed E-state index contributed by atoms with van der Waals surface area (Å²) >= 11 is 1.59. The predicted octanol–water partition coefficient (Wildman–Crippen LogP) is 3.42. The molecule has 1 rings (SSSR count). The van der Waals surface area contributed by atoms with Gasteiger partial charge in [-0.3, -0.25) is 4.79 Å². The van der Waals surface area contributed by atoms with Crippen LogP contribution in [0.1, 0.15) is 26.7 Å². The minimum absolute atomic E-state index is 0.114. The topological polar surface area (TPSA) is 78.4 Å². The van der Waals surface area contributed by atoms with Crippen LogP contribution in [0.15, 0.2) is 29.2 Å². The third-order valence-electron chi connectivity index (χ3n) is 3.72. The van der Waals surface area contributed by atoms with Crippen LogP contribution in [0.2, 0.25) is 0 Å². The van der Waals surface area contributed by atoms with E-state index in [1.807, 2.05) is 38.3 Å². The summed E-state index contributed by atoms with van der Waals surface area (Å²) in [7, 11) is 0. The van der Waals surface area contributed by atoms with Crippen molar-refractivity contribution in [2.24, 2.45) is 5.41 Å². The van der Waals surface area contributed by atoms with Gasteiger partial charge in [0.2, 0.25) is 0 Å². The highest BCUT2D eigenvalue weighted by molar-refractivity contribution is 7.98. The molecule has 0 saturated heterocycles. The van der Waals surface area contributed by atoms with Crippen molar-refractivity contribution in [3.63, 3.8) is 0 Å². The van der Waals surface area contributed by atoms with Crippen LogP contribution in [-0.4, -0.2) is 29.9 Å². The maximum absolute atomic E-state index is 11.9. The van der Waals surface area contributed by atoms with Crippen LogP contribution < -0.4 is 10.6 Å². The molecule has 0 aliphatic rings. The Balaban J connectivity index is 2.63. The lowest BCUT2D eigenvalue weighted by Crippen LogP contribution is -2.43. The zero-order chi connectivity index (χ0) is 15.9. The maximum Gasteiger partial charge on any atom is 0.319 e. The molecule has 5 nitrogen and oxygen atoms in total. The molecule has 116 valence electrons. The fourth-order valence-electron chi connectivity index (χ4n) is 2.00. The van der Waals surface area contributed by atoms with Gasteiger partial charge in [-0.1, -0.05) is 19.9 Å². The Morgan fingerprint density at radius 3 is 2.48 bits per heavy atom. The van der Waals surface area contributed by atoms with E-state index in [0.29, 0.717) is 18.5 Å². The van der Waals surface area contributed by atoms with Crippen molar-refractivity contribution in [1.29, 1.82) is 0 Å². The Bertz CT molecular complexity index is 501. The van der Waals surface area contributed by atoms with E-state index < -0.39 is 11.4 Å². The number of aliphatic carboxylic acids is 1. The van der Waals surface area contributed by atoms with E-state index in [0.717, 1.165) is 4.90 Å². The minimum atomic E-state index is -0.904. The van der Waals surface area contributed by atoms with Crippen molar-refractivity contribution in [2.45, 2.75) is 31.6 Å².